The van der Waals surface area contributed by atoms with E-state index >= 15 is 0 Å². The summed E-state index contributed by atoms with van der Waals surface area (Å²) in [6.07, 6.45) is 3.63. The maximum absolute atomic E-state index is 13.1. The Morgan fingerprint density at radius 2 is 2.00 bits per heavy atom. The molecular weight excluding hydrogens is 430 g/mol. The summed E-state index contributed by atoms with van der Waals surface area (Å²) in [5.41, 5.74) is 2.64. The minimum atomic E-state index is -0.172. The van der Waals surface area contributed by atoms with Gasteiger partial charge in [0.15, 0.2) is 5.76 Å². The molecule has 0 radical (unpaired) electrons. The first kappa shape index (κ1) is 20.6. The lowest BCUT2D eigenvalue weighted by Crippen LogP contribution is -2.47. The number of amides is 2. The van der Waals surface area contributed by atoms with E-state index in [0.29, 0.717) is 30.5 Å². The monoisotopic (exact) mass is 455 g/mol. The van der Waals surface area contributed by atoms with E-state index in [1.54, 1.807) is 23.1 Å². The van der Waals surface area contributed by atoms with Crippen LogP contribution in [0.15, 0.2) is 38.4 Å². The number of carbonyl (C=O) groups is 2. The number of thioether (sulfide) groups is 1. The zero-order valence-electron chi connectivity index (χ0n) is 17.4. The third-order valence-corrected chi connectivity index (χ3v) is 8.08. The molecule has 2 amide bonds. The zero-order valence-corrected chi connectivity index (χ0v) is 19.1. The Bertz CT molecular complexity index is 1110. The summed E-state index contributed by atoms with van der Waals surface area (Å²) in [6.45, 7) is 3.41. The summed E-state index contributed by atoms with van der Waals surface area (Å²) in [6, 6.07) is 7.84. The SMILES string of the molecule is Cc1csc(SCc2c(C(=O)NC3CCN(C(=O)C4CC4)CC3)oc3ccccc23)n1. The third-order valence-electron chi connectivity index (χ3n) is 5.91. The molecule has 2 fully saturated rings. The van der Waals surface area contributed by atoms with E-state index in [9.17, 15) is 9.59 Å². The highest BCUT2D eigenvalue weighted by molar-refractivity contribution is 8.00. The molecular formula is C23H25N3O3S2. The average molecular weight is 456 g/mol. The molecule has 2 aliphatic rings. The Labute approximate surface area is 189 Å². The summed E-state index contributed by atoms with van der Waals surface area (Å²) in [7, 11) is 0. The Balaban J connectivity index is 1.28. The van der Waals surface area contributed by atoms with Gasteiger partial charge in [-0.3, -0.25) is 9.59 Å². The number of hydrogen-bond donors (Lipinski definition) is 1. The molecule has 6 nitrogen and oxygen atoms in total. The number of carbonyl (C=O) groups excluding carboxylic acids is 2. The second kappa shape index (κ2) is 8.67. The van der Waals surface area contributed by atoms with E-state index in [4.69, 9.17) is 4.42 Å². The number of likely N-dealkylation sites (tertiary alicyclic amines) is 1. The lowest BCUT2D eigenvalue weighted by molar-refractivity contribution is -0.133. The van der Waals surface area contributed by atoms with Gasteiger partial charge < -0.3 is 14.6 Å². The van der Waals surface area contributed by atoms with Crippen LogP contribution in [-0.2, 0) is 10.5 Å². The van der Waals surface area contributed by atoms with Crippen molar-refractivity contribution < 1.29 is 14.0 Å². The second-order valence-electron chi connectivity index (χ2n) is 8.30. The molecule has 0 spiro atoms. The van der Waals surface area contributed by atoms with Gasteiger partial charge in [0.1, 0.15) is 9.92 Å². The maximum atomic E-state index is 13.1. The van der Waals surface area contributed by atoms with Gasteiger partial charge in [0.25, 0.3) is 5.91 Å². The fourth-order valence-electron chi connectivity index (χ4n) is 4.04. The summed E-state index contributed by atoms with van der Waals surface area (Å²) in [5, 5.41) is 6.15. The number of furan rings is 1. The van der Waals surface area contributed by atoms with Crippen molar-refractivity contribution >= 4 is 45.9 Å². The predicted molar refractivity (Wildman–Crippen MR) is 122 cm³/mol. The molecule has 3 heterocycles. The van der Waals surface area contributed by atoms with Crippen LogP contribution in [0.2, 0.25) is 0 Å². The van der Waals surface area contributed by atoms with Gasteiger partial charge in [0, 0.05) is 52.8 Å². The Kier molecular flexibility index (Phi) is 5.75. The van der Waals surface area contributed by atoms with E-state index in [1.165, 1.54) is 0 Å². The van der Waals surface area contributed by atoms with Crippen LogP contribution in [-0.4, -0.2) is 40.8 Å². The van der Waals surface area contributed by atoms with Crippen molar-refractivity contribution in [1.29, 1.82) is 0 Å². The molecule has 1 N–H and O–H groups in total. The van der Waals surface area contributed by atoms with Crippen molar-refractivity contribution in [2.45, 2.75) is 48.7 Å². The lowest BCUT2D eigenvalue weighted by Gasteiger charge is -2.32. The molecule has 3 aromatic rings. The molecule has 162 valence electrons. The molecule has 31 heavy (non-hydrogen) atoms. The fourth-order valence-corrected chi connectivity index (χ4v) is 5.92. The molecule has 1 saturated carbocycles. The number of benzene rings is 1. The highest BCUT2D eigenvalue weighted by Crippen LogP contribution is 2.34. The topological polar surface area (TPSA) is 75.4 Å². The smallest absolute Gasteiger partial charge is 0.287 e. The van der Waals surface area contributed by atoms with Crippen molar-refractivity contribution in [1.82, 2.24) is 15.2 Å². The zero-order chi connectivity index (χ0) is 21.4. The van der Waals surface area contributed by atoms with E-state index in [-0.39, 0.29) is 17.9 Å². The number of hydrogen-bond acceptors (Lipinski definition) is 6. The largest absolute Gasteiger partial charge is 0.451 e. The lowest BCUT2D eigenvalue weighted by atomic mass is 10.0. The van der Waals surface area contributed by atoms with Gasteiger partial charge in [-0.2, -0.15) is 0 Å². The van der Waals surface area contributed by atoms with E-state index in [0.717, 1.165) is 52.2 Å². The van der Waals surface area contributed by atoms with Gasteiger partial charge in [0.05, 0.1) is 0 Å². The number of fused-ring (bicyclic) bond motifs is 1. The third kappa shape index (κ3) is 4.50. The second-order valence-corrected chi connectivity index (χ2v) is 10.4. The molecule has 0 unspecified atom stereocenters. The fraction of sp³-hybridized carbons (Fsp3) is 0.435. The van der Waals surface area contributed by atoms with Gasteiger partial charge in [0.2, 0.25) is 5.91 Å². The number of thiazole rings is 1. The predicted octanol–water partition coefficient (Wildman–Crippen LogP) is 4.62. The normalized spacial score (nSPS) is 17.3. The van der Waals surface area contributed by atoms with Crippen molar-refractivity contribution in [3.05, 3.63) is 46.7 Å². The van der Waals surface area contributed by atoms with Crippen LogP contribution in [0.3, 0.4) is 0 Å². The quantitative estimate of drug-likeness (QED) is 0.549. The van der Waals surface area contributed by atoms with Crippen molar-refractivity contribution in [3.63, 3.8) is 0 Å². The number of nitrogens with one attached hydrogen (secondary N) is 1. The first-order valence-electron chi connectivity index (χ1n) is 10.7. The molecule has 5 rings (SSSR count). The number of nitrogens with zero attached hydrogens (tertiary/aromatic N) is 2. The van der Waals surface area contributed by atoms with Crippen LogP contribution in [0.4, 0.5) is 0 Å². The van der Waals surface area contributed by atoms with Crippen molar-refractivity contribution in [2.75, 3.05) is 13.1 Å². The van der Waals surface area contributed by atoms with E-state index < -0.39 is 0 Å². The van der Waals surface area contributed by atoms with Crippen LogP contribution in [0, 0.1) is 12.8 Å². The first-order chi connectivity index (χ1) is 15.1. The number of aryl methyl sites for hydroxylation is 1. The van der Waals surface area contributed by atoms with Crippen molar-refractivity contribution in [3.8, 4) is 0 Å². The number of piperidine rings is 1. The Morgan fingerprint density at radius 1 is 1.23 bits per heavy atom. The molecule has 8 heteroatoms. The molecule has 1 aliphatic heterocycles. The van der Waals surface area contributed by atoms with Crippen LogP contribution < -0.4 is 5.32 Å². The van der Waals surface area contributed by atoms with Gasteiger partial charge in [-0.25, -0.2) is 4.98 Å². The Morgan fingerprint density at radius 3 is 2.71 bits per heavy atom. The van der Waals surface area contributed by atoms with Crippen LogP contribution in [0.1, 0.15) is 47.5 Å². The number of aromatic nitrogens is 1. The highest BCUT2D eigenvalue weighted by Gasteiger charge is 2.35. The van der Waals surface area contributed by atoms with Crippen LogP contribution in [0.5, 0.6) is 0 Å². The number of para-hydroxylation sites is 1. The molecule has 0 atom stereocenters. The summed E-state index contributed by atoms with van der Waals surface area (Å²) >= 11 is 3.24. The standard InChI is InChI=1S/C23H25N3O3S2/c1-14-12-30-23(24-14)31-13-18-17-4-2-3-5-19(17)29-20(18)21(27)25-16-8-10-26(11-9-16)22(28)15-6-7-15/h2-5,12,15-16H,6-11,13H2,1H3,(H,25,27). The molecule has 1 aliphatic carbocycles. The molecule has 0 bridgehead atoms. The van der Waals surface area contributed by atoms with Crippen LogP contribution in [0.25, 0.3) is 11.0 Å². The highest BCUT2D eigenvalue weighted by atomic mass is 32.2. The van der Waals surface area contributed by atoms with Gasteiger partial charge in [-0.15, -0.1) is 11.3 Å². The minimum Gasteiger partial charge on any atom is -0.451 e. The first-order valence-corrected chi connectivity index (χ1v) is 12.6. The van der Waals surface area contributed by atoms with E-state index in [2.05, 4.69) is 10.3 Å². The number of rotatable bonds is 6. The summed E-state index contributed by atoms with van der Waals surface area (Å²) in [5.74, 6) is 1.39. The van der Waals surface area contributed by atoms with Gasteiger partial charge >= 0.3 is 0 Å². The molecule has 1 saturated heterocycles. The van der Waals surface area contributed by atoms with Crippen molar-refractivity contribution in [2.24, 2.45) is 5.92 Å². The maximum Gasteiger partial charge on any atom is 0.287 e. The Hall–Kier alpha value is -2.32. The van der Waals surface area contributed by atoms with Gasteiger partial charge in [-0.1, -0.05) is 30.0 Å². The van der Waals surface area contributed by atoms with Gasteiger partial charge in [-0.05, 0) is 38.7 Å². The van der Waals surface area contributed by atoms with E-state index in [1.807, 2.05) is 41.5 Å². The minimum absolute atomic E-state index is 0.0612. The summed E-state index contributed by atoms with van der Waals surface area (Å²) in [4.78, 5) is 31.9. The van der Waals surface area contributed by atoms with Crippen LogP contribution >= 0.6 is 23.1 Å². The molecule has 2 aromatic heterocycles. The molecule has 1 aromatic carbocycles. The summed E-state index contributed by atoms with van der Waals surface area (Å²) < 4.78 is 6.98. The average Bonchev–Trinajstić information content (AvgIpc) is 3.45.